The van der Waals surface area contributed by atoms with Crippen LogP contribution in [0.3, 0.4) is 0 Å². The van der Waals surface area contributed by atoms with E-state index in [2.05, 4.69) is 4.90 Å². The minimum atomic E-state index is -0.435. The Labute approximate surface area is 155 Å². The molecule has 5 heteroatoms. The number of rotatable bonds is 9. The van der Waals surface area contributed by atoms with Gasteiger partial charge in [0.1, 0.15) is 5.82 Å². The van der Waals surface area contributed by atoms with Crippen LogP contribution in [-0.2, 0) is 13.1 Å². The van der Waals surface area contributed by atoms with Crippen LogP contribution in [0, 0.1) is 11.7 Å². The summed E-state index contributed by atoms with van der Waals surface area (Å²) in [4.78, 5) is 2.15. The molecule has 0 saturated carbocycles. The SMILES string of the molecule is COc1ccc(CN(Cc2ccc(F)cc2)C[C@H](O)C(C)C)cc1OC. The van der Waals surface area contributed by atoms with Crippen molar-refractivity contribution in [1.82, 2.24) is 4.90 Å². The molecule has 0 heterocycles. The second-order valence-electron chi connectivity index (χ2n) is 6.80. The zero-order valence-electron chi connectivity index (χ0n) is 15.9. The van der Waals surface area contributed by atoms with Crippen molar-refractivity contribution in [3.63, 3.8) is 0 Å². The number of hydrogen-bond donors (Lipinski definition) is 1. The Kier molecular flexibility index (Phi) is 7.42. The van der Waals surface area contributed by atoms with Crippen LogP contribution in [0.5, 0.6) is 11.5 Å². The van der Waals surface area contributed by atoms with Crippen molar-refractivity contribution < 1.29 is 19.0 Å². The molecule has 1 N–H and O–H groups in total. The third-order valence-electron chi connectivity index (χ3n) is 4.39. The summed E-state index contributed by atoms with van der Waals surface area (Å²) in [5.74, 6) is 1.28. The topological polar surface area (TPSA) is 41.9 Å². The number of ether oxygens (including phenoxy) is 2. The molecule has 0 aliphatic rings. The summed E-state index contributed by atoms with van der Waals surface area (Å²) in [5, 5.41) is 10.3. The summed E-state index contributed by atoms with van der Waals surface area (Å²) in [6, 6.07) is 12.3. The molecule has 2 aromatic carbocycles. The van der Waals surface area contributed by atoms with E-state index in [4.69, 9.17) is 9.47 Å². The maximum Gasteiger partial charge on any atom is 0.161 e. The van der Waals surface area contributed by atoms with Crippen LogP contribution in [-0.4, -0.2) is 36.9 Å². The lowest BCUT2D eigenvalue weighted by Gasteiger charge is -2.27. The van der Waals surface area contributed by atoms with Gasteiger partial charge in [0, 0.05) is 19.6 Å². The molecule has 2 rings (SSSR count). The Morgan fingerprint density at radius 1 is 0.923 bits per heavy atom. The number of aliphatic hydroxyl groups is 1. The van der Waals surface area contributed by atoms with Gasteiger partial charge in [0.2, 0.25) is 0 Å². The maximum atomic E-state index is 13.2. The van der Waals surface area contributed by atoms with Gasteiger partial charge in [-0.3, -0.25) is 4.90 Å². The Morgan fingerprint density at radius 2 is 1.50 bits per heavy atom. The number of benzene rings is 2. The predicted molar refractivity (Wildman–Crippen MR) is 101 cm³/mol. The lowest BCUT2D eigenvalue weighted by Crippen LogP contribution is -2.34. The highest BCUT2D eigenvalue weighted by atomic mass is 19.1. The van der Waals surface area contributed by atoms with Crippen molar-refractivity contribution in [2.75, 3.05) is 20.8 Å². The van der Waals surface area contributed by atoms with Crippen LogP contribution in [0.1, 0.15) is 25.0 Å². The number of aliphatic hydroxyl groups excluding tert-OH is 1. The molecule has 1 atom stereocenters. The van der Waals surface area contributed by atoms with Crippen LogP contribution in [0.2, 0.25) is 0 Å². The van der Waals surface area contributed by atoms with E-state index in [0.29, 0.717) is 31.1 Å². The Hall–Kier alpha value is -2.11. The van der Waals surface area contributed by atoms with Gasteiger partial charge in [-0.2, -0.15) is 0 Å². The fraction of sp³-hybridized carbons (Fsp3) is 0.429. The van der Waals surface area contributed by atoms with E-state index in [1.165, 1.54) is 12.1 Å². The van der Waals surface area contributed by atoms with Gasteiger partial charge in [0.15, 0.2) is 11.5 Å². The van der Waals surface area contributed by atoms with E-state index in [-0.39, 0.29) is 11.7 Å². The minimum absolute atomic E-state index is 0.163. The van der Waals surface area contributed by atoms with Gasteiger partial charge < -0.3 is 14.6 Å². The molecule has 0 fully saturated rings. The minimum Gasteiger partial charge on any atom is -0.493 e. The first-order valence-corrected chi connectivity index (χ1v) is 8.78. The van der Waals surface area contributed by atoms with Gasteiger partial charge in [-0.15, -0.1) is 0 Å². The lowest BCUT2D eigenvalue weighted by molar-refractivity contribution is 0.0699. The van der Waals surface area contributed by atoms with Gasteiger partial charge >= 0.3 is 0 Å². The molecule has 142 valence electrons. The quantitative estimate of drug-likeness (QED) is 0.736. The van der Waals surface area contributed by atoms with E-state index >= 15 is 0 Å². The molecule has 0 spiro atoms. The monoisotopic (exact) mass is 361 g/mol. The summed E-state index contributed by atoms with van der Waals surface area (Å²) in [7, 11) is 3.22. The largest absolute Gasteiger partial charge is 0.493 e. The van der Waals surface area contributed by atoms with Gasteiger partial charge in [-0.25, -0.2) is 4.39 Å². The van der Waals surface area contributed by atoms with E-state index in [9.17, 15) is 9.50 Å². The van der Waals surface area contributed by atoms with Crippen LogP contribution in [0.4, 0.5) is 4.39 Å². The van der Waals surface area contributed by atoms with Gasteiger partial charge in [0.05, 0.1) is 20.3 Å². The molecule has 0 bridgehead atoms. The average Bonchev–Trinajstić information content (AvgIpc) is 2.63. The van der Waals surface area contributed by atoms with E-state index in [0.717, 1.165) is 11.1 Å². The van der Waals surface area contributed by atoms with E-state index in [1.807, 2.05) is 32.0 Å². The molecular formula is C21H28FNO3. The summed E-state index contributed by atoms with van der Waals surface area (Å²) in [6.07, 6.45) is -0.435. The molecule has 0 aliphatic carbocycles. The molecular weight excluding hydrogens is 333 g/mol. The van der Waals surface area contributed by atoms with Crippen molar-refractivity contribution in [1.29, 1.82) is 0 Å². The first-order chi connectivity index (χ1) is 12.4. The van der Waals surface area contributed by atoms with Gasteiger partial charge in [0.25, 0.3) is 0 Å². The lowest BCUT2D eigenvalue weighted by atomic mass is 10.1. The van der Waals surface area contributed by atoms with Crippen LogP contribution in [0.15, 0.2) is 42.5 Å². The fourth-order valence-corrected chi connectivity index (χ4v) is 2.75. The molecule has 0 aliphatic heterocycles. The first kappa shape index (κ1) is 20.2. The van der Waals surface area contributed by atoms with E-state index < -0.39 is 6.10 Å². The van der Waals surface area contributed by atoms with Crippen molar-refractivity contribution in [3.05, 3.63) is 59.4 Å². The zero-order chi connectivity index (χ0) is 19.1. The van der Waals surface area contributed by atoms with Crippen molar-refractivity contribution in [2.24, 2.45) is 5.92 Å². The van der Waals surface area contributed by atoms with Crippen molar-refractivity contribution in [3.8, 4) is 11.5 Å². The van der Waals surface area contributed by atoms with Crippen molar-refractivity contribution >= 4 is 0 Å². The number of hydrogen-bond acceptors (Lipinski definition) is 4. The summed E-state index contributed by atoms with van der Waals surface area (Å²) < 4.78 is 23.8. The van der Waals surface area contributed by atoms with Crippen LogP contribution < -0.4 is 9.47 Å². The molecule has 0 unspecified atom stereocenters. The number of nitrogens with zero attached hydrogens (tertiary/aromatic N) is 1. The fourth-order valence-electron chi connectivity index (χ4n) is 2.75. The van der Waals surface area contributed by atoms with Crippen LogP contribution in [0.25, 0.3) is 0 Å². The molecule has 0 radical (unpaired) electrons. The standard InChI is InChI=1S/C21H28FNO3/c1-15(2)19(24)14-23(12-16-5-8-18(22)9-6-16)13-17-7-10-20(25-3)21(11-17)26-4/h5-11,15,19,24H,12-14H2,1-4H3/t19-/m0/s1. The zero-order valence-corrected chi connectivity index (χ0v) is 15.9. The normalized spacial score (nSPS) is 12.5. The second-order valence-corrected chi connectivity index (χ2v) is 6.80. The third-order valence-corrected chi connectivity index (χ3v) is 4.39. The second kappa shape index (κ2) is 9.55. The van der Waals surface area contributed by atoms with E-state index in [1.54, 1.807) is 26.4 Å². The highest BCUT2D eigenvalue weighted by Gasteiger charge is 2.17. The Morgan fingerprint density at radius 3 is 2.08 bits per heavy atom. The summed E-state index contributed by atoms with van der Waals surface area (Å²) >= 11 is 0. The molecule has 0 saturated heterocycles. The highest BCUT2D eigenvalue weighted by molar-refractivity contribution is 5.42. The average molecular weight is 361 g/mol. The molecule has 26 heavy (non-hydrogen) atoms. The summed E-state index contributed by atoms with van der Waals surface area (Å²) in [5.41, 5.74) is 2.06. The Bertz CT molecular complexity index is 688. The number of halogens is 1. The molecule has 0 aromatic heterocycles. The van der Waals surface area contributed by atoms with Gasteiger partial charge in [-0.05, 0) is 41.3 Å². The predicted octanol–water partition coefficient (Wildman–Crippen LogP) is 3.86. The van der Waals surface area contributed by atoms with Gasteiger partial charge in [-0.1, -0.05) is 32.0 Å². The Balaban J connectivity index is 2.18. The molecule has 2 aromatic rings. The third kappa shape index (κ3) is 5.71. The highest BCUT2D eigenvalue weighted by Crippen LogP contribution is 2.28. The molecule has 4 nitrogen and oxygen atoms in total. The molecule has 0 amide bonds. The smallest absolute Gasteiger partial charge is 0.161 e. The first-order valence-electron chi connectivity index (χ1n) is 8.78. The van der Waals surface area contributed by atoms with Crippen molar-refractivity contribution in [2.45, 2.75) is 33.0 Å². The maximum absolute atomic E-state index is 13.2. The summed E-state index contributed by atoms with van der Waals surface area (Å²) in [6.45, 7) is 5.79. The van der Waals surface area contributed by atoms with Crippen LogP contribution >= 0.6 is 0 Å². The number of methoxy groups -OCH3 is 2.